The molecule has 118 valence electrons. The highest BCUT2D eigenvalue weighted by atomic mass is 19.1. The molecule has 6 heteroatoms. The molecule has 4 nitrogen and oxygen atoms in total. The van der Waals surface area contributed by atoms with Crippen LogP contribution < -0.4 is 4.74 Å². The van der Waals surface area contributed by atoms with Gasteiger partial charge in [-0.25, -0.2) is 8.78 Å². The number of hydrogen-bond acceptors (Lipinski definition) is 4. The Labute approximate surface area is 129 Å². The van der Waals surface area contributed by atoms with E-state index in [2.05, 4.69) is 0 Å². The second-order valence-corrected chi connectivity index (χ2v) is 4.71. The van der Waals surface area contributed by atoms with E-state index in [0.29, 0.717) is 27.7 Å². The van der Waals surface area contributed by atoms with Crippen LogP contribution in [-0.2, 0) is 0 Å². The van der Waals surface area contributed by atoms with Gasteiger partial charge in [0.25, 0.3) is 0 Å². The van der Waals surface area contributed by atoms with Gasteiger partial charge in [-0.05, 0) is 24.3 Å². The predicted molar refractivity (Wildman–Crippen MR) is 80.6 cm³/mol. The lowest BCUT2D eigenvalue weighted by molar-refractivity contribution is 0.407. The molecule has 0 spiro atoms. The van der Waals surface area contributed by atoms with Gasteiger partial charge in [0.1, 0.15) is 11.6 Å². The topological polar surface area (TPSA) is 55.7 Å². The zero-order valence-electron chi connectivity index (χ0n) is 12.0. The third kappa shape index (κ3) is 2.96. The number of phenolic OH excluding ortho intramolecular Hbond substituents is 1. The molecule has 0 saturated carbocycles. The molecule has 0 bridgehead atoms. The van der Waals surface area contributed by atoms with Gasteiger partial charge < -0.3 is 18.7 Å². The van der Waals surface area contributed by atoms with E-state index in [0.717, 1.165) is 6.07 Å². The van der Waals surface area contributed by atoms with E-state index in [9.17, 15) is 8.78 Å². The lowest BCUT2D eigenvalue weighted by Gasteiger charge is -1.99. The molecular formula is C17H12F2O4. The minimum absolute atomic E-state index is 0.162. The number of phenols is 1. The third-order valence-electron chi connectivity index (χ3n) is 3.20. The second-order valence-electron chi connectivity index (χ2n) is 4.71. The van der Waals surface area contributed by atoms with E-state index in [-0.39, 0.29) is 11.6 Å². The molecule has 2 heterocycles. The Morgan fingerprint density at radius 3 is 2.09 bits per heavy atom. The molecule has 0 aliphatic rings. The van der Waals surface area contributed by atoms with Crippen LogP contribution in [0.5, 0.6) is 11.5 Å². The van der Waals surface area contributed by atoms with Crippen molar-refractivity contribution >= 4 is 21.9 Å². The number of ether oxygens (including phenoxy) is 1. The predicted octanol–water partition coefficient (Wildman–Crippen LogP) is 4.86. The highest BCUT2D eigenvalue weighted by molar-refractivity contribution is 5.83. The van der Waals surface area contributed by atoms with Crippen LogP contribution in [0.3, 0.4) is 0 Å². The molecule has 0 fully saturated rings. The van der Waals surface area contributed by atoms with Crippen molar-refractivity contribution in [2.75, 3.05) is 7.11 Å². The number of benzene rings is 2. The van der Waals surface area contributed by atoms with Gasteiger partial charge in [-0.2, -0.15) is 0 Å². The Balaban J connectivity index is 0.000000136. The molecular weight excluding hydrogens is 306 g/mol. The summed E-state index contributed by atoms with van der Waals surface area (Å²) >= 11 is 0. The first kappa shape index (κ1) is 14.9. The first-order chi connectivity index (χ1) is 11.1. The van der Waals surface area contributed by atoms with Crippen molar-refractivity contribution in [3.63, 3.8) is 0 Å². The summed E-state index contributed by atoms with van der Waals surface area (Å²) in [5, 5.41) is 10.4. The normalized spacial score (nSPS) is 10.6. The van der Waals surface area contributed by atoms with Gasteiger partial charge in [0.2, 0.25) is 0 Å². The molecule has 0 saturated heterocycles. The van der Waals surface area contributed by atoms with Crippen molar-refractivity contribution in [1.82, 2.24) is 0 Å². The maximum absolute atomic E-state index is 12.8. The molecule has 0 atom stereocenters. The summed E-state index contributed by atoms with van der Waals surface area (Å²) in [6.07, 6.45) is 2.91. The number of rotatable bonds is 1. The average Bonchev–Trinajstić information content (AvgIpc) is 3.15. The fraction of sp³-hybridized carbons (Fsp3) is 0.0588. The summed E-state index contributed by atoms with van der Waals surface area (Å²) in [5.41, 5.74) is 0.908. The number of furan rings is 2. The molecule has 0 amide bonds. The molecule has 0 unspecified atom stereocenters. The van der Waals surface area contributed by atoms with Crippen LogP contribution in [0.4, 0.5) is 8.78 Å². The van der Waals surface area contributed by atoms with Crippen molar-refractivity contribution in [1.29, 1.82) is 0 Å². The van der Waals surface area contributed by atoms with E-state index in [1.54, 1.807) is 12.1 Å². The summed E-state index contributed by atoms with van der Waals surface area (Å²) in [6.45, 7) is 0. The Hall–Kier alpha value is -3.02. The standard InChI is InChI=1S/C9H7FO2.C8H5FO2/c1-11-8-5-7(10)4-6-2-3-12-9(6)8;9-6-3-5-1-2-11-8(5)7(10)4-6/h2-5H,1H3;1-4,10H. The van der Waals surface area contributed by atoms with Gasteiger partial charge >= 0.3 is 0 Å². The van der Waals surface area contributed by atoms with Gasteiger partial charge in [-0.1, -0.05) is 0 Å². The largest absolute Gasteiger partial charge is 0.504 e. The average molecular weight is 318 g/mol. The maximum Gasteiger partial charge on any atom is 0.175 e. The molecule has 0 aliphatic heterocycles. The van der Waals surface area contributed by atoms with Crippen molar-refractivity contribution in [3.05, 3.63) is 60.6 Å². The molecule has 1 N–H and O–H groups in total. The third-order valence-corrected chi connectivity index (χ3v) is 3.20. The zero-order valence-corrected chi connectivity index (χ0v) is 12.0. The SMILES string of the molecule is COc1cc(F)cc2ccoc12.Oc1cc(F)cc2ccoc12. The number of hydrogen-bond donors (Lipinski definition) is 1. The Bertz CT molecular complexity index is 956. The van der Waals surface area contributed by atoms with E-state index in [4.69, 9.17) is 18.7 Å². The van der Waals surface area contributed by atoms with Gasteiger partial charge in [0.05, 0.1) is 19.6 Å². The highest BCUT2D eigenvalue weighted by Crippen LogP contribution is 2.27. The van der Waals surface area contributed by atoms with E-state index < -0.39 is 5.82 Å². The number of methoxy groups -OCH3 is 1. The van der Waals surface area contributed by atoms with Gasteiger partial charge in [-0.15, -0.1) is 0 Å². The molecule has 2 aromatic carbocycles. The summed E-state index contributed by atoms with van der Waals surface area (Å²) in [4.78, 5) is 0. The van der Waals surface area contributed by atoms with Gasteiger partial charge in [-0.3, -0.25) is 0 Å². The zero-order chi connectivity index (χ0) is 16.4. The van der Waals surface area contributed by atoms with Gasteiger partial charge in [0, 0.05) is 22.9 Å². The minimum atomic E-state index is -0.462. The van der Waals surface area contributed by atoms with E-state index in [1.165, 1.54) is 37.8 Å². The quantitative estimate of drug-likeness (QED) is 0.544. The Morgan fingerprint density at radius 1 is 0.870 bits per heavy atom. The first-order valence-corrected chi connectivity index (χ1v) is 6.65. The number of halogens is 2. The molecule has 0 radical (unpaired) electrons. The van der Waals surface area contributed by atoms with Gasteiger partial charge in [0.15, 0.2) is 22.7 Å². The van der Waals surface area contributed by atoms with E-state index >= 15 is 0 Å². The minimum Gasteiger partial charge on any atom is -0.504 e. The van der Waals surface area contributed by atoms with Crippen molar-refractivity contribution in [2.24, 2.45) is 0 Å². The first-order valence-electron chi connectivity index (χ1n) is 6.65. The van der Waals surface area contributed by atoms with Crippen molar-refractivity contribution in [3.8, 4) is 11.5 Å². The smallest absolute Gasteiger partial charge is 0.175 e. The number of fused-ring (bicyclic) bond motifs is 2. The van der Waals surface area contributed by atoms with E-state index in [1.807, 2.05) is 0 Å². The Morgan fingerprint density at radius 2 is 1.43 bits per heavy atom. The van der Waals surface area contributed by atoms with Crippen molar-refractivity contribution < 1.29 is 27.5 Å². The van der Waals surface area contributed by atoms with Crippen LogP contribution in [0.1, 0.15) is 0 Å². The highest BCUT2D eigenvalue weighted by Gasteiger charge is 2.06. The summed E-state index contributed by atoms with van der Waals surface area (Å²) in [7, 11) is 1.48. The van der Waals surface area contributed by atoms with Crippen LogP contribution >= 0.6 is 0 Å². The summed E-state index contributed by atoms with van der Waals surface area (Å²) in [6, 6.07) is 8.32. The summed E-state index contributed by atoms with van der Waals surface area (Å²) < 4.78 is 40.3. The van der Waals surface area contributed by atoms with Crippen LogP contribution in [0, 0.1) is 11.6 Å². The van der Waals surface area contributed by atoms with Crippen molar-refractivity contribution in [2.45, 2.75) is 0 Å². The molecule has 0 aliphatic carbocycles. The molecule has 23 heavy (non-hydrogen) atoms. The van der Waals surface area contributed by atoms with Crippen LogP contribution in [0.2, 0.25) is 0 Å². The molecule has 4 aromatic rings. The second kappa shape index (κ2) is 6.00. The molecule has 2 aromatic heterocycles. The summed E-state index contributed by atoms with van der Waals surface area (Å²) in [5.74, 6) is -0.517. The lowest BCUT2D eigenvalue weighted by Crippen LogP contribution is -1.84. The Kier molecular flexibility index (Phi) is 3.89. The van der Waals surface area contributed by atoms with Crippen LogP contribution in [0.25, 0.3) is 21.9 Å². The fourth-order valence-electron chi connectivity index (χ4n) is 2.19. The number of aromatic hydroxyl groups is 1. The molecule has 4 rings (SSSR count). The lowest BCUT2D eigenvalue weighted by atomic mass is 10.2. The maximum atomic E-state index is 12.8. The van der Waals surface area contributed by atoms with Crippen LogP contribution in [0.15, 0.2) is 57.8 Å². The fourth-order valence-corrected chi connectivity index (χ4v) is 2.19. The van der Waals surface area contributed by atoms with Crippen LogP contribution in [-0.4, -0.2) is 12.2 Å². The monoisotopic (exact) mass is 318 g/mol.